The molecule has 0 bridgehead atoms. The lowest BCUT2D eigenvalue weighted by Crippen LogP contribution is -2.43. The second-order valence-corrected chi connectivity index (χ2v) is 6.92. The van der Waals surface area contributed by atoms with Crippen LogP contribution < -0.4 is 5.32 Å². The fourth-order valence-electron chi connectivity index (χ4n) is 2.97. The summed E-state index contributed by atoms with van der Waals surface area (Å²) in [6.07, 6.45) is 3.03. The summed E-state index contributed by atoms with van der Waals surface area (Å²) < 4.78 is 19.4. The van der Waals surface area contributed by atoms with E-state index in [4.69, 9.17) is 4.74 Å². The first-order valence-electron chi connectivity index (χ1n) is 7.69. The minimum atomic E-state index is -0.200. The van der Waals surface area contributed by atoms with Gasteiger partial charge in [0, 0.05) is 30.8 Å². The molecule has 0 aromatic heterocycles. The van der Waals surface area contributed by atoms with Gasteiger partial charge in [0.25, 0.3) is 0 Å². The summed E-state index contributed by atoms with van der Waals surface area (Å²) >= 11 is 1.52. The molecule has 2 atom stereocenters. The molecule has 0 spiro atoms. The Bertz CT molecular complexity index is 549. The molecule has 0 aliphatic carbocycles. The van der Waals surface area contributed by atoms with Crippen molar-refractivity contribution in [1.29, 1.82) is 0 Å². The van der Waals surface area contributed by atoms with Crippen LogP contribution >= 0.6 is 11.8 Å². The molecule has 1 N–H and O–H groups in total. The second kappa shape index (κ2) is 6.87. The number of rotatable bonds is 3. The van der Waals surface area contributed by atoms with Crippen molar-refractivity contribution in [3.05, 3.63) is 29.6 Å². The van der Waals surface area contributed by atoms with Crippen LogP contribution in [0.5, 0.6) is 0 Å². The Labute approximate surface area is 134 Å². The van der Waals surface area contributed by atoms with E-state index in [9.17, 15) is 9.18 Å². The Balaban J connectivity index is 1.63. The number of urea groups is 1. The number of amides is 2. The monoisotopic (exact) mass is 324 g/mol. The molecule has 1 fully saturated rings. The number of hydrogen-bond acceptors (Lipinski definition) is 3. The predicted octanol–water partition coefficient (Wildman–Crippen LogP) is 3.18. The third kappa shape index (κ3) is 3.38. The highest BCUT2D eigenvalue weighted by molar-refractivity contribution is 7.99. The Hall–Kier alpha value is -1.27. The number of benzene rings is 1. The number of halogens is 1. The van der Waals surface area contributed by atoms with E-state index in [0.717, 1.165) is 37.2 Å². The highest BCUT2D eigenvalue weighted by Crippen LogP contribution is 2.37. The van der Waals surface area contributed by atoms with Gasteiger partial charge in [-0.3, -0.25) is 0 Å². The van der Waals surface area contributed by atoms with Crippen LogP contribution in [0.3, 0.4) is 0 Å². The van der Waals surface area contributed by atoms with E-state index in [-0.39, 0.29) is 24.0 Å². The highest BCUT2D eigenvalue weighted by atomic mass is 32.2. The van der Waals surface area contributed by atoms with Crippen LogP contribution in [0.2, 0.25) is 0 Å². The molecule has 2 amide bonds. The summed E-state index contributed by atoms with van der Waals surface area (Å²) in [6, 6.07) is 4.83. The van der Waals surface area contributed by atoms with Crippen molar-refractivity contribution < 1.29 is 13.9 Å². The van der Waals surface area contributed by atoms with Gasteiger partial charge in [-0.15, -0.1) is 11.8 Å². The molecule has 2 heterocycles. The minimum Gasteiger partial charge on any atom is -0.376 e. The van der Waals surface area contributed by atoms with Crippen LogP contribution in [0.4, 0.5) is 9.18 Å². The Morgan fingerprint density at radius 3 is 3.14 bits per heavy atom. The molecule has 3 rings (SSSR count). The van der Waals surface area contributed by atoms with Crippen molar-refractivity contribution in [2.45, 2.75) is 36.3 Å². The fraction of sp³-hybridized carbons (Fsp3) is 0.562. The summed E-state index contributed by atoms with van der Waals surface area (Å²) in [6.45, 7) is 1.38. The Kier molecular flexibility index (Phi) is 4.88. The van der Waals surface area contributed by atoms with Crippen LogP contribution in [-0.2, 0) is 4.74 Å². The van der Waals surface area contributed by atoms with Gasteiger partial charge in [-0.1, -0.05) is 12.1 Å². The van der Waals surface area contributed by atoms with Crippen LogP contribution in [-0.4, -0.2) is 43.0 Å². The van der Waals surface area contributed by atoms with Crippen LogP contribution in [0, 0.1) is 5.82 Å². The minimum absolute atomic E-state index is 0.119. The smallest absolute Gasteiger partial charge is 0.317 e. The first-order chi connectivity index (χ1) is 10.6. The van der Waals surface area contributed by atoms with E-state index in [1.807, 2.05) is 6.07 Å². The molecule has 6 heteroatoms. The molecule has 120 valence electrons. The van der Waals surface area contributed by atoms with Crippen LogP contribution in [0.1, 0.15) is 30.9 Å². The number of hydrogen-bond donors (Lipinski definition) is 1. The molecule has 2 aliphatic heterocycles. The topological polar surface area (TPSA) is 41.6 Å². The number of likely N-dealkylation sites (N-methyl/N-ethyl adjacent to an activating group) is 1. The predicted molar refractivity (Wildman–Crippen MR) is 84.6 cm³/mol. The summed E-state index contributed by atoms with van der Waals surface area (Å²) in [7, 11) is 1.78. The molecule has 1 aromatic rings. The average Bonchev–Trinajstić information content (AvgIpc) is 3.01. The number of carbonyl (C=O) groups is 1. The summed E-state index contributed by atoms with van der Waals surface area (Å²) in [5.41, 5.74) is 0.884. The second-order valence-electron chi connectivity index (χ2n) is 5.81. The number of carbonyl (C=O) groups excluding carboxylic acids is 1. The van der Waals surface area contributed by atoms with Gasteiger partial charge in [0.1, 0.15) is 5.82 Å². The van der Waals surface area contributed by atoms with Crippen molar-refractivity contribution in [1.82, 2.24) is 10.2 Å². The molecule has 0 saturated carbocycles. The number of nitrogens with one attached hydrogen (secondary N) is 1. The Morgan fingerprint density at radius 1 is 1.50 bits per heavy atom. The quantitative estimate of drug-likeness (QED) is 0.928. The number of fused-ring (bicyclic) bond motifs is 1. The fourth-order valence-corrected chi connectivity index (χ4v) is 4.11. The van der Waals surface area contributed by atoms with E-state index in [0.29, 0.717) is 11.4 Å². The van der Waals surface area contributed by atoms with Crippen molar-refractivity contribution in [3.63, 3.8) is 0 Å². The van der Waals surface area contributed by atoms with Gasteiger partial charge in [-0.25, -0.2) is 9.18 Å². The maximum absolute atomic E-state index is 13.9. The van der Waals surface area contributed by atoms with Crippen molar-refractivity contribution >= 4 is 17.8 Å². The summed E-state index contributed by atoms with van der Waals surface area (Å²) in [5.74, 6) is 0.614. The van der Waals surface area contributed by atoms with Gasteiger partial charge in [0.15, 0.2) is 0 Å². The molecule has 1 saturated heterocycles. The van der Waals surface area contributed by atoms with E-state index >= 15 is 0 Å². The highest BCUT2D eigenvalue weighted by Gasteiger charge is 2.26. The number of ether oxygens (including phenoxy) is 1. The molecule has 0 radical (unpaired) electrons. The Morgan fingerprint density at radius 2 is 2.36 bits per heavy atom. The lowest BCUT2D eigenvalue weighted by molar-refractivity contribution is 0.0869. The van der Waals surface area contributed by atoms with Gasteiger partial charge < -0.3 is 15.0 Å². The van der Waals surface area contributed by atoms with Crippen molar-refractivity contribution in [3.8, 4) is 0 Å². The summed E-state index contributed by atoms with van der Waals surface area (Å²) in [5, 5.41) is 3.03. The van der Waals surface area contributed by atoms with E-state index in [1.165, 1.54) is 17.8 Å². The van der Waals surface area contributed by atoms with E-state index in [2.05, 4.69) is 5.32 Å². The number of thioether (sulfide) groups is 1. The largest absolute Gasteiger partial charge is 0.376 e. The normalized spacial score (nSPS) is 23.9. The van der Waals surface area contributed by atoms with Crippen LogP contribution in [0.15, 0.2) is 23.1 Å². The van der Waals surface area contributed by atoms with Gasteiger partial charge in [-0.2, -0.15) is 0 Å². The molecule has 1 aromatic carbocycles. The lowest BCUT2D eigenvalue weighted by Gasteiger charge is -2.29. The molecular formula is C16H21FN2O2S. The molecule has 2 aliphatic rings. The third-order valence-corrected chi connectivity index (χ3v) is 5.33. The zero-order valence-electron chi connectivity index (χ0n) is 12.7. The van der Waals surface area contributed by atoms with Gasteiger partial charge in [0.05, 0.1) is 12.1 Å². The standard InChI is InChI=1S/C16H21FN2O2S/c1-19(10-11-4-3-8-21-11)16(20)18-14-7-9-22-15-12(14)5-2-6-13(15)17/h2,5-6,11,14H,3-4,7-10H2,1H3,(H,18,20)/t11-,14-/m1/s1. The van der Waals surface area contributed by atoms with Gasteiger partial charge in [0.2, 0.25) is 0 Å². The zero-order chi connectivity index (χ0) is 15.5. The maximum Gasteiger partial charge on any atom is 0.317 e. The van der Waals surface area contributed by atoms with Gasteiger partial charge >= 0.3 is 6.03 Å². The zero-order valence-corrected chi connectivity index (χ0v) is 13.5. The van der Waals surface area contributed by atoms with Gasteiger partial charge in [-0.05, 0) is 30.9 Å². The third-order valence-electron chi connectivity index (χ3n) is 4.17. The average molecular weight is 324 g/mol. The number of nitrogens with zero attached hydrogens (tertiary/aromatic N) is 1. The van der Waals surface area contributed by atoms with E-state index in [1.54, 1.807) is 18.0 Å². The molecule has 4 nitrogen and oxygen atoms in total. The van der Waals surface area contributed by atoms with Crippen molar-refractivity contribution in [2.75, 3.05) is 26.0 Å². The first kappa shape index (κ1) is 15.6. The summed E-state index contributed by atoms with van der Waals surface area (Å²) in [4.78, 5) is 14.7. The maximum atomic E-state index is 13.9. The first-order valence-corrected chi connectivity index (χ1v) is 8.68. The molecule has 0 unspecified atom stereocenters. The molecular weight excluding hydrogens is 303 g/mol. The SMILES string of the molecule is CN(C[C@H]1CCCO1)C(=O)N[C@@H]1CCSc2c(F)cccc21. The lowest BCUT2D eigenvalue weighted by atomic mass is 10.0. The molecule has 22 heavy (non-hydrogen) atoms. The van der Waals surface area contributed by atoms with Crippen LogP contribution in [0.25, 0.3) is 0 Å². The van der Waals surface area contributed by atoms with Crippen molar-refractivity contribution in [2.24, 2.45) is 0 Å². The van der Waals surface area contributed by atoms with E-state index < -0.39 is 0 Å².